The van der Waals surface area contributed by atoms with Gasteiger partial charge in [0.05, 0.1) is 40.3 Å². The highest BCUT2D eigenvalue weighted by atomic mass is 16.2. The summed E-state index contributed by atoms with van der Waals surface area (Å²) in [4.78, 5) is 35.3. The van der Waals surface area contributed by atoms with Crippen molar-refractivity contribution in [2.24, 2.45) is 0 Å². The lowest BCUT2D eigenvalue weighted by atomic mass is 9.86. The van der Waals surface area contributed by atoms with Gasteiger partial charge in [-0.05, 0) is 88.1 Å². The van der Waals surface area contributed by atoms with E-state index in [0.29, 0.717) is 6.04 Å². The summed E-state index contributed by atoms with van der Waals surface area (Å²) in [5, 5.41) is 11.9. The number of hydrogen-bond acceptors (Lipinski definition) is 6. The first-order valence-corrected chi connectivity index (χ1v) is 16.5. The van der Waals surface area contributed by atoms with E-state index in [2.05, 4.69) is 37.6 Å². The average Bonchev–Trinajstić information content (AvgIpc) is 3.44. The molecule has 1 N–H and O–H groups in total. The first-order chi connectivity index (χ1) is 23.6. The molecule has 49 heavy (non-hydrogen) atoms. The van der Waals surface area contributed by atoms with E-state index in [4.69, 9.17) is 0 Å². The fourth-order valence-corrected chi connectivity index (χ4v) is 6.63. The van der Waals surface area contributed by atoms with Crippen molar-refractivity contribution in [3.05, 3.63) is 121 Å². The minimum Gasteiger partial charge on any atom is -0.325 e. The molecule has 0 unspecified atom stereocenters. The Morgan fingerprint density at radius 3 is 1.80 bits per heavy atom. The van der Waals surface area contributed by atoms with Crippen LogP contribution in [0.2, 0.25) is 0 Å². The molecule has 0 atom stereocenters. The molecule has 1 fully saturated rings. The van der Waals surface area contributed by atoms with Crippen molar-refractivity contribution in [3.63, 3.8) is 0 Å². The number of amides is 2. The Labute approximate surface area is 284 Å². The number of rotatable bonds is 5. The molecular weight excluding hydrogens is 612 g/mol. The van der Waals surface area contributed by atoms with Crippen molar-refractivity contribution >= 4 is 23.2 Å². The van der Waals surface area contributed by atoms with Crippen LogP contribution in [-0.2, 0) is 20.4 Å². The second-order valence-corrected chi connectivity index (χ2v) is 13.9. The predicted octanol–water partition coefficient (Wildman–Crippen LogP) is 6.88. The molecule has 2 aromatic carbocycles. The fraction of sp³-hybridized carbons (Fsp3) is 0.231. The average molecular weight is 649 g/mol. The monoisotopic (exact) mass is 648 g/mol. The van der Waals surface area contributed by atoms with Gasteiger partial charge in [-0.2, -0.15) is 10.2 Å². The molecule has 0 saturated heterocycles. The van der Waals surface area contributed by atoms with Crippen molar-refractivity contribution in [2.75, 3.05) is 10.2 Å². The zero-order valence-electron chi connectivity index (χ0n) is 27.8. The highest BCUT2D eigenvalue weighted by Gasteiger charge is 2.49. The summed E-state index contributed by atoms with van der Waals surface area (Å²) in [6.07, 6.45) is 17.0. The smallest absolute Gasteiger partial charge is 0.237 e. The summed E-state index contributed by atoms with van der Waals surface area (Å²) in [6, 6.07) is 20.4. The third-order valence-corrected chi connectivity index (χ3v) is 9.76. The summed E-state index contributed by atoms with van der Waals surface area (Å²) >= 11 is 0. The third-order valence-electron chi connectivity index (χ3n) is 9.76. The second-order valence-electron chi connectivity index (χ2n) is 13.9. The first-order valence-electron chi connectivity index (χ1n) is 16.5. The topological polar surface area (TPSA) is 111 Å². The van der Waals surface area contributed by atoms with Gasteiger partial charge < -0.3 is 10.2 Å². The van der Waals surface area contributed by atoms with Crippen LogP contribution in [0.1, 0.15) is 51.7 Å². The molecule has 6 heterocycles. The molecule has 9 rings (SSSR count). The van der Waals surface area contributed by atoms with Crippen LogP contribution in [-0.4, -0.2) is 47.4 Å². The molecule has 1 saturated carbocycles. The highest BCUT2D eigenvalue weighted by molar-refractivity contribution is 6.08. The van der Waals surface area contributed by atoms with E-state index in [0.717, 1.165) is 69.0 Å². The number of fused-ring (bicyclic) bond motifs is 2. The number of hydrogen-bond donors (Lipinski definition) is 1. The lowest BCUT2D eigenvalue weighted by Gasteiger charge is -2.19. The number of pyridine rings is 2. The van der Waals surface area contributed by atoms with Crippen LogP contribution in [0.15, 0.2) is 110 Å². The molecule has 2 amide bonds. The molecule has 2 aliphatic heterocycles. The van der Waals surface area contributed by atoms with Gasteiger partial charge in [-0.3, -0.25) is 19.6 Å². The zero-order chi connectivity index (χ0) is 33.9. The first kappa shape index (κ1) is 30.4. The van der Waals surface area contributed by atoms with Crippen LogP contribution in [0.25, 0.3) is 33.6 Å². The summed E-state index contributed by atoms with van der Waals surface area (Å²) in [6.45, 7) is 7.90. The van der Waals surface area contributed by atoms with E-state index in [9.17, 15) is 9.59 Å². The Kier molecular flexibility index (Phi) is 7.06. The van der Waals surface area contributed by atoms with E-state index in [-0.39, 0.29) is 11.8 Å². The SMILES string of the molecule is CC1(C)C(=O)N(C2CC2)c2cc(-n3cc(-c4cccnc4)cn3)ccc21.CC1(C)C(=O)Nc2cc(-n3cc(-c4cccnc4)cn3)ccc21. The third kappa shape index (κ3) is 5.29. The Morgan fingerprint density at radius 1 is 0.673 bits per heavy atom. The van der Waals surface area contributed by atoms with Gasteiger partial charge in [0, 0.05) is 71.2 Å². The molecule has 0 radical (unpaired) electrons. The summed E-state index contributed by atoms with van der Waals surface area (Å²) in [7, 11) is 0. The Bertz CT molecular complexity index is 2210. The molecule has 3 aliphatic rings. The maximum absolute atomic E-state index is 12.9. The van der Waals surface area contributed by atoms with Crippen molar-refractivity contribution in [3.8, 4) is 33.6 Å². The molecular formula is C39H36N8O2. The largest absolute Gasteiger partial charge is 0.325 e. The molecule has 0 spiro atoms. The van der Waals surface area contributed by atoms with E-state index >= 15 is 0 Å². The van der Waals surface area contributed by atoms with Gasteiger partial charge in [-0.15, -0.1) is 0 Å². The summed E-state index contributed by atoms with van der Waals surface area (Å²) < 4.78 is 3.67. The summed E-state index contributed by atoms with van der Waals surface area (Å²) in [5.41, 5.74) is 9.05. The van der Waals surface area contributed by atoms with Gasteiger partial charge in [0.25, 0.3) is 0 Å². The lowest BCUT2D eigenvalue weighted by molar-refractivity contribution is -0.122. The Hall–Kier alpha value is -5.90. The number of nitrogens with zero attached hydrogens (tertiary/aromatic N) is 7. The maximum atomic E-state index is 12.9. The molecule has 10 heteroatoms. The van der Waals surface area contributed by atoms with Gasteiger partial charge in [-0.1, -0.05) is 24.3 Å². The van der Waals surface area contributed by atoms with Crippen molar-refractivity contribution in [1.82, 2.24) is 29.5 Å². The molecule has 6 aromatic rings. The fourth-order valence-electron chi connectivity index (χ4n) is 6.63. The Balaban J connectivity index is 0.000000143. The van der Waals surface area contributed by atoms with Crippen molar-refractivity contribution in [2.45, 2.75) is 57.4 Å². The second kappa shape index (κ2) is 11.4. The molecule has 0 bridgehead atoms. The predicted molar refractivity (Wildman–Crippen MR) is 189 cm³/mol. The maximum Gasteiger partial charge on any atom is 0.237 e. The van der Waals surface area contributed by atoms with Crippen LogP contribution >= 0.6 is 0 Å². The van der Waals surface area contributed by atoms with E-state index in [1.165, 1.54) is 0 Å². The molecule has 10 nitrogen and oxygen atoms in total. The normalized spacial score (nSPS) is 16.9. The molecule has 244 valence electrons. The standard InChI is InChI=1S/C21H20N4O.C18H16N4O/c1-21(2)18-8-7-17(10-19(18)25(20(21)26)16-5-6-16)24-13-15(12-23-24)14-4-3-9-22-11-14;1-18(2)15-6-5-14(8-16(15)21-17(18)23)22-11-13(10-20-22)12-4-3-7-19-9-12/h3-4,7-13,16H,5-6H2,1-2H3;3-11H,1-2H3,(H,21,23). The zero-order valence-corrected chi connectivity index (χ0v) is 27.8. The number of benzene rings is 2. The van der Waals surface area contributed by atoms with Crippen LogP contribution in [0, 0.1) is 0 Å². The molecule has 1 aliphatic carbocycles. The number of anilines is 2. The van der Waals surface area contributed by atoms with Gasteiger partial charge in [0.1, 0.15) is 0 Å². The van der Waals surface area contributed by atoms with Gasteiger partial charge >= 0.3 is 0 Å². The number of nitrogens with one attached hydrogen (secondary N) is 1. The van der Waals surface area contributed by atoms with E-state index < -0.39 is 10.8 Å². The van der Waals surface area contributed by atoms with Crippen molar-refractivity contribution < 1.29 is 9.59 Å². The van der Waals surface area contributed by atoms with Crippen LogP contribution < -0.4 is 10.2 Å². The van der Waals surface area contributed by atoms with E-state index in [1.807, 2.05) is 123 Å². The number of carbonyl (C=O) groups excluding carboxylic acids is 2. The van der Waals surface area contributed by atoms with Crippen LogP contribution in [0.4, 0.5) is 11.4 Å². The van der Waals surface area contributed by atoms with Crippen molar-refractivity contribution in [1.29, 1.82) is 0 Å². The minimum absolute atomic E-state index is 0.0289. The number of aromatic nitrogens is 6. The molecule has 4 aromatic heterocycles. The van der Waals surface area contributed by atoms with Crippen LogP contribution in [0.5, 0.6) is 0 Å². The van der Waals surface area contributed by atoms with Crippen LogP contribution in [0.3, 0.4) is 0 Å². The highest BCUT2D eigenvalue weighted by Crippen LogP contribution is 2.47. The van der Waals surface area contributed by atoms with Gasteiger partial charge in [-0.25, -0.2) is 9.36 Å². The van der Waals surface area contributed by atoms with Gasteiger partial charge in [0.2, 0.25) is 11.8 Å². The summed E-state index contributed by atoms with van der Waals surface area (Å²) in [5.74, 6) is 0.241. The van der Waals surface area contributed by atoms with E-state index in [1.54, 1.807) is 17.1 Å². The quantitative estimate of drug-likeness (QED) is 0.218. The minimum atomic E-state index is -0.487. The number of carbonyl (C=O) groups is 2. The lowest BCUT2D eigenvalue weighted by Crippen LogP contribution is -2.37. The Morgan fingerprint density at radius 2 is 1.24 bits per heavy atom. The van der Waals surface area contributed by atoms with Gasteiger partial charge in [0.15, 0.2) is 0 Å².